The molecule has 3 nitrogen and oxygen atoms in total. The van der Waals surface area contributed by atoms with Crippen LogP contribution in [0.4, 0.5) is 15.9 Å². The normalized spacial score (nSPS) is 12.2. The highest BCUT2D eigenvalue weighted by Gasteiger charge is 2.11. The van der Waals surface area contributed by atoms with Crippen LogP contribution in [0.1, 0.15) is 25.5 Å². The first-order valence-electron chi connectivity index (χ1n) is 6.29. The predicted molar refractivity (Wildman–Crippen MR) is 74.0 cm³/mol. The average molecular weight is 260 g/mol. The molecule has 0 saturated heterocycles. The summed E-state index contributed by atoms with van der Waals surface area (Å²) >= 11 is 0. The van der Waals surface area contributed by atoms with E-state index in [0.717, 1.165) is 11.3 Å². The smallest absolute Gasteiger partial charge is 0.133 e. The van der Waals surface area contributed by atoms with E-state index in [1.807, 2.05) is 24.0 Å². The second-order valence-corrected chi connectivity index (χ2v) is 4.35. The number of anilines is 2. The zero-order valence-electron chi connectivity index (χ0n) is 11.0. The lowest BCUT2D eigenvalue weighted by molar-refractivity contribution is 0.199. The molecular weight excluding hydrogens is 243 g/mol. The molecule has 0 aliphatic heterocycles. The number of hydrogen-bond donors (Lipinski definition) is 1. The van der Waals surface area contributed by atoms with E-state index in [4.69, 9.17) is 0 Å². The molecule has 0 saturated carbocycles. The topological polar surface area (TPSA) is 36.4 Å². The number of hydrogen-bond acceptors (Lipinski definition) is 3. The van der Waals surface area contributed by atoms with E-state index in [1.54, 1.807) is 25.3 Å². The fourth-order valence-electron chi connectivity index (χ4n) is 1.96. The van der Waals surface area contributed by atoms with Crippen LogP contribution in [-0.4, -0.2) is 16.6 Å². The van der Waals surface area contributed by atoms with E-state index in [0.29, 0.717) is 12.4 Å². The number of benzene rings is 1. The molecule has 0 fully saturated rings. The van der Waals surface area contributed by atoms with E-state index < -0.39 is 6.10 Å². The Morgan fingerprint density at radius 2 is 2.11 bits per heavy atom. The van der Waals surface area contributed by atoms with Crippen LogP contribution in [0.25, 0.3) is 0 Å². The Morgan fingerprint density at radius 1 is 1.32 bits per heavy atom. The Labute approximate surface area is 112 Å². The van der Waals surface area contributed by atoms with Crippen LogP contribution < -0.4 is 4.90 Å². The van der Waals surface area contributed by atoms with Gasteiger partial charge in [-0.1, -0.05) is 6.07 Å². The molecule has 1 aromatic carbocycles. The summed E-state index contributed by atoms with van der Waals surface area (Å²) in [6.07, 6.45) is 1.10. The standard InChI is InChI=1S/C15H17FN2O/c1-3-18(14-6-4-5-13(16)10-14)15-9-12(11(2)19)7-8-17-15/h4-11,19H,3H2,1-2H3/t11-/m1/s1. The molecule has 1 N–H and O–H groups in total. The van der Waals surface area contributed by atoms with E-state index in [-0.39, 0.29) is 5.82 Å². The summed E-state index contributed by atoms with van der Waals surface area (Å²) in [5.41, 5.74) is 1.54. The Bertz CT molecular complexity index is 557. The van der Waals surface area contributed by atoms with Gasteiger partial charge in [-0.05, 0) is 49.7 Å². The molecule has 4 heteroatoms. The van der Waals surface area contributed by atoms with Crippen LogP contribution in [0.2, 0.25) is 0 Å². The molecule has 100 valence electrons. The highest BCUT2D eigenvalue weighted by Crippen LogP contribution is 2.25. The molecule has 0 aliphatic carbocycles. The maximum Gasteiger partial charge on any atom is 0.133 e. The molecule has 0 aliphatic rings. The zero-order valence-corrected chi connectivity index (χ0v) is 11.0. The first kappa shape index (κ1) is 13.5. The number of rotatable bonds is 4. The summed E-state index contributed by atoms with van der Waals surface area (Å²) in [4.78, 5) is 6.19. The highest BCUT2D eigenvalue weighted by molar-refractivity contribution is 5.60. The Kier molecular flexibility index (Phi) is 4.12. The van der Waals surface area contributed by atoms with Crippen molar-refractivity contribution in [3.63, 3.8) is 0 Å². The maximum absolute atomic E-state index is 13.3. The van der Waals surface area contributed by atoms with Crippen LogP contribution in [0.15, 0.2) is 42.6 Å². The molecule has 0 spiro atoms. The molecule has 2 aromatic rings. The lowest BCUT2D eigenvalue weighted by atomic mass is 10.1. The molecule has 1 aromatic heterocycles. The summed E-state index contributed by atoms with van der Waals surface area (Å²) in [6, 6.07) is 9.99. The molecule has 1 atom stereocenters. The maximum atomic E-state index is 13.3. The van der Waals surface area contributed by atoms with Crippen LogP contribution >= 0.6 is 0 Å². The first-order valence-corrected chi connectivity index (χ1v) is 6.29. The van der Waals surface area contributed by atoms with Gasteiger partial charge in [0.15, 0.2) is 0 Å². The third-order valence-corrected chi connectivity index (χ3v) is 2.96. The van der Waals surface area contributed by atoms with Gasteiger partial charge in [-0.2, -0.15) is 0 Å². The summed E-state index contributed by atoms with van der Waals surface area (Å²) < 4.78 is 13.3. The lowest BCUT2D eigenvalue weighted by Gasteiger charge is -2.23. The van der Waals surface area contributed by atoms with Crippen LogP contribution in [0, 0.1) is 5.82 Å². The van der Waals surface area contributed by atoms with Crippen LogP contribution in [-0.2, 0) is 0 Å². The minimum absolute atomic E-state index is 0.275. The molecule has 19 heavy (non-hydrogen) atoms. The number of aromatic nitrogens is 1. The van der Waals surface area contributed by atoms with Gasteiger partial charge < -0.3 is 10.0 Å². The van der Waals surface area contributed by atoms with Crippen molar-refractivity contribution in [3.8, 4) is 0 Å². The Balaban J connectivity index is 2.39. The van der Waals surface area contributed by atoms with Gasteiger partial charge in [-0.25, -0.2) is 9.37 Å². The summed E-state index contributed by atoms with van der Waals surface area (Å²) in [7, 11) is 0. The number of aliphatic hydroxyl groups excluding tert-OH is 1. The molecule has 0 radical (unpaired) electrons. The number of aliphatic hydroxyl groups is 1. The Morgan fingerprint density at radius 3 is 2.74 bits per heavy atom. The lowest BCUT2D eigenvalue weighted by Crippen LogP contribution is -2.17. The molecule has 1 heterocycles. The van der Waals surface area contributed by atoms with Crippen molar-refractivity contribution in [2.75, 3.05) is 11.4 Å². The van der Waals surface area contributed by atoms with Gasteiger partial charge in [-0.15, -0.1) is 0 Å². The highest BCUT2D eigenvalue weighted by atomic mass is 19.1. The Hall–Kier alpha value is -1.94. The largest absolute Gasteiger partial charge is 0.389 e. The van der Waals surface area contributed by atoms with Crippen molar-refractivity contribution in [2.24, 2.45) is 0 Å². The molecule has 0 bridgehead atoms. The van der Waals surface area contributed by atoms with Crippen molar-refractivity contribution >= 4 is 11.5 Å². The van der Waals surface area contributed by atoms with Gasteiger partial charge in [0.05, 0.1) is 6.10 Å². The van der Waals surface area contributed by atoms with Crippen LogP contribution in [0.5, 0.6) is 0 Å². The van der Waals surface area contributed by atoms with Gasteiger partial charge in [0.1, 0.15) is 11.6 Å². The number of pyridine rings is 1. The minimum atomic E-state index is -0.548. The van der Waals surface area contributed by atoms with E-state index >= 15 is 0 Å². The molecule has 0 amide bonds. The third-order valence-electron chi connectivity index (χ3n) is 2.96. The molecule has 0 unspecified atom stereocenters. The summed E-state index contributed by atoms with van der Waals surface area (Å²) in [5, 5.41) is 9.61. The zero-order chi connectivity index (χ0) is 13.8. The van der Waals surface area contributed by atoms with Gasteiger partial charge in [0.2, 0.25) is 0 Å². The van der Waals surface area contributed by atoms with Crippen molar-refractivity contribution in [2.45, 2.75) is 20.0 Å². The molecule has 2 rings (SSSR count). The average Bonchev–Trinajstić information content (AvgIpc) is 2.40. The van der Waals surface area contributed by atoms with Crippen molar-refractivity contribution in [1.29, 1.82) is 0 Å². The van der Waals surface area contributed by atoms with Crippen molar-refractivity contribution in [3.05, 3.63) is 54.0 Å². The van der Waals surface area contributed by atoms with E-state index in [1.165, 1.54) is 12.1 Å². The van der Waals surface area contributed by atoms with Crippen molar-refractivity contribution in [1.82, 2.24) is 4.98 Å². The second kappa shape index (κ2) is 5.80. The van der Waals surface area contributed by atoms with Gasteiger partial charge in [-0.3, -0.25) is 0 Å². The minimum Gasteiger partial charge on any atom is -0.389 e. The number of nitrogens with zero attached hydrogens (tertiary/aromatic N) is 2. The van der Waals surface area contributed by atoms with E-state index in [2.05, 4.69) is 4.98 Å². The van der Waals surface area contributed by atoms with Gasteiger partial charge in [0, 0.05) is 18.4 Å². The van der Waals surface area contributed by atoms with Crippen molar-refractivity contribution < 1.29 is 9.50 Å². The van der Waals surface area contributed by atoms with Gasteiger partial charge in [0.25, 0.3) is 0 Å². The monoisotopic (exact) mass is 260 g/mol. The molecular formula is C15H17FN2O. The van der Waals surface area contributed by atoms with Crippen LogP contribution in [0.3, 0.4) is 0 Å². The fourth-order valence-corrected chi connectivity index (χ4v) is 1.96. The second-order valence-electron chi connectivity index (χ2n) is 4.35. The van der Waals surface area contributed by atoms with E-state index in [9.17, 15) is 9.50 Å². The third kappa shape index (κ3) is 3.09. The predicted octanol–water partition coefficient (Wildman–Crippen LogP) is 3.43. The fraction of sp³-hybridized carbons (Fsp3) is 0.267. The number of halogens is 1. The quantitative estimate of drug-likeness (QED) is 0.915. The van der Waals surface area contributed by atoms with Gasteiger partial charge >= 0.3 is 0 Å². The SMILES string of the molecule is CCN(c1cccc(F)c1)c1cc([C@@H](C)O)ccn1. The summed E-state index contributed by atoms with van der Waals surface area (Å²) in [5.74, 6) is 0.425. The first-order chi connectivity index (χ1) is 9.11. The summed E-state index contributed by atoms with van der Waals surface area (Å²) in [6.45, 7) is 4.35.